The molecule has 4 rings (SSSR count). The number of rotatable bonds is 3. The Morgan fingerprint density at radius 2 is 0.667 bits per heavy atom. The fourth-order valence-corrected chi connectivity index (χ4v) is 5.02. The molecule has 0 heterocycles. The number of aryl methyl sites for hydroxylation is 1. The molecular formula is C25H23PPd. The van der Waals surface area contributed by atoms with E-state index >= 15 is 0 Å². The molecule has 2 heteroatoms. The Morgan fingerprint density at radius 3 is 0.889 bits per heavy atom. The van der Waals surface area contributed by atoms with Gasteiger partial charge in [-0.1, -0.05) is 127 Å². The quantitative estimate of drug-likeness (QED) is 0.282. The topological polar surface area (TPSA) is 0 Å². The fourth-order valence-electron chi connectivity index (χ4n) is 2.71. The zero-order valence-corrected chi connectivity index (χ0v) is 17.8. The van der Waals surface area contributed by atoms with E-state index in [-0.39, 0.29) is 20.4 Å². The summed E-state index contributed by atoms with van der Waals surface area (Å²) in [6, 6.07) is 42.6. The van der Waals surface area contributed by atoms with Crippen LogP contribution in [-0.4, -0.2) is 0 Å². The summed E-state index contributed by atoms with van der Waals surface area (Å²) in [6.45, 7) is 2.08. The Morgan fingerprint density at radius 1 is 0.407 bits per heavy atom. The van der Waals surface area contributed by atoms with Gasteiger partial charge in [-0.15, -0.1) is 0 Å². The molecule has 0 bridgehead atoms. The molecule has 0 saturated carbocycles. The van der Waals surface area contributed by atoms with E-state index in [1.54, 1.807) is 0 Å². The molecule has 0 spiro atoms. The van der Waals surface area contributed by atoms with Crippen molar-refractivity contribution >= 4 is 23.8 Å². The van der Waals surface area contributed by atoms with E-state index in [2.05, 4.69) is 110 Å². The maximum Gasteiger partial charge on any atom is 0 e. The van der Waals surface area contributed by atoms with Crippen LogP contribution >= 0.6 is 7.92 Å². The van der Waals surface area contributed by atoms with Gasteiger partial charge in [0.2, 0.25) is 0 Å². The van der Waals surface area contributed by atoms with Gasteiger partial charge in [0.25, 0.3) is 0 Å². The van der Waals surface area contributed by atoms with E-state index in [4.69, 9.17) is 0 Å². The van der Waals surface area contributed by atoms with Crippen LogP contribution in [0, 0.1) is 6.92 Å². The van der Waals surface area contributed by atoms with Gasteiger partial charge < -0.3 is 0 Å². The first-order chi connectivity index (χ1) is 12.8. The minimum absolute atomic E-state index is 0. The van der Waals surface area contributed by atoms with Gasteiger partial charge in [0.1, 0.15) is 0 Å². The van der Waals surface area contributed by atoms with Crippen molar-refractivity contribution in [3.63, 3.8) is 0 Å². The molecule has 0 aliphatic heterocycles. The monoisotopic (exact) mass is 460 g/mol. The molecule has 0 fully saturated rings. The Labute approximate surface area is 177 Å². The van der Waals surface area contributed by atoms with Crippen LogP contribution in [0.4, 0.5) is 0 Å². The summed E-state index contributed by atoms with van der Waals surface area (Å²) in [5.41, 5.74) is 1.32. The van der Waals surface area contributed by atoms with Gasteiger partial charge in [0.05, 0.1) is 0 Å². The van der Waals surface area contributed by atoms with Gasteiger partial charge in [-0.2, -0.15) is 0 Å². The van der Waals surface area contributed by atoms with Crippen LogP contribution in [0.15, 0.2) is 121 Å². The molecule has 0 amide bonds. The van der Waals surface area contributed by atoms with Gasteiger partial charge >= 0.3 is 0 Å². The van der Waals surface area contributed by atoms with Crippen molar-refractivity contribution in [1.29, 1.82) is 0 Å². The predicted octanol–water partition coefficient (Wildman–Crippen LogP) is 5.44. The van der Waals surface area contributed by atoms with E-state index in [9.17, 15) is 0 Å². The molecule has 0 aromatic heterocycles. The first-order valence-corrected chi connectivity index (χ1v) is 10.2. The standard InChI is InChI=1S/C18H15P.C7H8.Pd/c1-4-10-16(11-5-1)19(17-12-6-2-7-13-17)18-14-8-3-9-15-18;1-7-5-3-2-4-6-7;/h1-15H;2-6H,1H3;. The van der Waals surface area contributed by atoms with Crippen molar-refractivity contribution in [2.24, 2.45) is 0 Å². The van der Waals surface area contributed by atoms with E-state index in [0.717, 1.165) is 0 Å². The van der Waals surface area contributed by atoms with Crippen molar-refractivity contribution < 1.29 is 20.4 Å². The molecule has 0 atom stereocenters. The van der Waals surface area contributed by atoms with Crippen LogP contribution in [0.25, 0.3) is 0 Å². The van der Waals surface area contributed by atoms with Crippen LogP contribution < -0.4 is 15.9 Å². The third-order valence-electron chi connectivity index (χ3n) is 3.98. The average molecular weight is 461 g/mol. The minimum atomic E-state index is -0.446. The molecule has 0 unspecified atom stereocenters. The Bertz CT molecular complexity index is 784. The summed E-state index contributed by atoms with van der Waals surface area (Å²) < 4.78 is 0. The average Bonchev–Trinajstić information content (AvgIpc) is 2.72. The molecule has 0 aliphatic carbocycles. The summed E-state index contributed by atoms with van der Waals surface area (Å²) >= 11 is 0. The van der Waals surface area contributed by atoms with E-state index in [1.165, 1.54) is 21.5 Å². The molecule has 4 aromatic carbocycles. The molecule has 138 valence electrons. The van der Waals surface area contributed by atoms with Crippen molar-refractivity contribution in [1.82, 2.24) is 0 Å². The second kappa shape index (κ2) is 11.6. The maximum atomic E-state index is 2.23. The summed E-state index contributed by atoms with van der Waals surface area (Å²) in [7, 11) is -0.446. The van der Waals surface area contributed by atoms with Gasteiger partial charge in [-0.3, -0.25) is 0 Å². The minimum Gasteiger partial charge on any atom is -0.0622 e. The Balaban J connectivity index is 0.000000278. The molecule has 0 radical (unpaired) electrons. The summed E-state index contributed by atoms with van der Waals surface area (Å²) in [4.78, 5) is 0. The number of benzene rings is 4. The zero-order valence-electron chi connectivity index (χ0n) is 15.3. The predicted molar refractivity (Wildman–Crippen MR) is 116 cm³/mol. The van der Waals surface area contributed by atoms with Crippen LogP contribution in [0.5, 0.6) is 0 Å². The van der Waals surface area contributed by atoms with Crippen LogP contribution in [-0.2, 0) is 20.4 Å². The van der Waals surface area contributed by atoms with Crippen molar-refractivity contribution in [3.8, 4) is 0 Å². The number of hydrogen-bond donors (Lipinski definition) is 0. The molecule has 4 aromatic rings. The number of hydrogen-bond acceptors (Lipinski definition) is 0. The van der Waals surface area contributed by atoms with E-state index in [1.807, 2.05) is 18.2 Å². The van der Waals surface area contributed by atoms with Crippen molar-refractivity contribution in [2.75, 3.05) is 0 Å². The first kappa shape index (κ1) is 21.3. The van der Waals surface area contributed by atoms with Crippen molar-refractivity contribution in [3.05, 3.63) is 127 Å². The van der Waals surface area contributed by atoms with E-state index in [0.29, 0.717) is 0 Å². The summed E-state index contributed by atoms with van der Waals surface area (Å²) in [6.07, 6.45) is 0. The molecular weight excluding hydrogens is 438 g/mol. The molecule has 0 nitrogen and oxygen atoms in total. The Hall–Kier alpha value is -2.03. The largest absolute Gasteiger partial charge is 0.0622 e. The van der Waals surface area contributed by atoms with Gasteiger partial charge in [-0.05, 0) is 30.8 Å². The molecule has 0 saturated heterocycles. The fraction of sp³-hybridized carbons (Fsp3) is 0.0400. The Kier molecular flexibility index (Phi) is 9.17. The SMILES string of the molecule is Cc1ccccc1.[Pd].c1ccc(P(c2ccccc2)c2ccccc2)cc1. The maximum absolute atomic E-state index is 2.23. The van der Waals surface area contributed by atoms with Gasteiger partial charge in [-0.25, -0.2) is 0 Å². The van der Waals surface area contributed by atoms with Crippen LogP contribution in [0.1, 0.15) is 5.56 Å². The van der Waals surface area contributed by atoms with Crippen LogP contribution in [0.2, 0.25) is 0 Å². The normalized spacial score (nSPS) is 9.70. The second-order valence-electron chi connectivity index (χ2n) is 6.00. The molecule has 27 heavy (non-hydrogen) atoms. The summed E-state index contributed by atoms with van der Waals surface area (Å²) in [5.74, 6) is 0. The zero-order chi connectivity index (χ0) is 18.0. The van der Waals surface area contributed by atoms with Crippen LogP contribution in [0.3, 0.4) is 0 Å². The van der Waals surface area contributed by atoms with Gasteiger partial charge in [0, 0.05) is 20.4 Å². The first-order valence-electron chi connectivity index (χ1n) is 8.81. The smallest absolute Gasteiger partial charge is 0 e. The van der Waals surface area contributed by atoms with Gasteiger partial charge in [0.15, 0.2) is 0 Å². The third kappa shape index (κ3) is 6.57. The molecule has 0 aliphatic rings. The van der Waals surface area contributed by atoms with E-state index < -0.39 is 7.92 Å². The summed E-state index contributed by atoms with van der Waals surface area (Å²) in [5, 5.41) is 4.19. The molecule has 0 N–H and O–H groups in total. The third-order valence-corrected chi connectivity index (χ3v) is 6.43. The second-order valence-corrected chi connectivity index (χ2v) is 8.22. The van der Waals surface area contributed by atoms with Crippen molar-refractivity contribution in [2.45, 2.75) is 6.92 Å².